The van der Waals surface area contributed by atoms with E-state index in [9.17, 15) is 9.59 Å². The van der Waals surface area contributed by atoms with Crippen molar-refractivity contribution in [2.24, 2.45) is 4.99 Å². The Bertz CT molecular complexity index is 1180. The molecule has 29 heavy (non-hydrogen) atoms. The summed E-state index contributed by atoms with van der Waals surface area (Å²) in [6, 6.07) is 21.4. The van der Waals surface area contributed by atoms with E-state index in [4.69, 9.17) is 0 Å². The van der Waals surface area contributed by atoms with E-state index < -0.39 is 47.3 Å². The van der Waals surface area contributed by atoms with Crippen molar-refractivity contribution >= 4 is 108 Å². The number of amidine groups is 1. The Morgan fingerprint density at radius 3 is 2.24 bits per heavy atom. The molecular weight excluding hydrogens is 709 g/mol. The Hall–Kier alpha value is -1.36. The van der Waals surface area contributed by atoms with Crippen molar-refractivity contribution < 1.29 is 9.59 Å². The topological polar surface area (TPSA) is 61.8 Å². The molecule has 0 fully saturated rings. The number of aliphatic imine (C=N–C) groups is 1. The van der Waals surface area contributed by atoms with Crippen LogP contribution >= 0.6 is 0 Å². The van der Waals surface area contributed by atoms with Gasteiger partial charge in [0, 0.05) is 0 Å². The fourth-order valence-electron chi connectivity index (χ4n) is 3.19. The zero-order valence-electron chi connectivity index (χ0n) is 14.8. The molecular formula is C21H12N3O2Te3. The molecule has 8 heteroatoms. The van der Waals surface area contributed by atoms with Crippen LogP contribution in [0.25, 0.3) is 6.08 Å². The maximum atomic E-state index is 12.2. The second kappa shape index (κ2) is 8.05. The van der Waals surface area contributed by atoms with Crippen molar-refractivity contribution in [1.82, 2.24) is 5.32 Å². The van der Waals surface area contributed by atoms with Crippen molar-refractivity contribution in [2.75, 3.05) is 4.90 Å². The van der Waals surface area contributed by atoms with Gasteiger partial charge in [0.25, 0.3) is 0 Å². The first kappa shape index (κ1) is 19.6. The molecule has 0 saturated heterocycles. The predicted octanol–water partition coefficient (Wildman–Crippen LogP) is 0.746. The molecule has 0 saturated carbocycles. The van der Waals surface area contributed by atoms with E-state index in [2.05, 4.69) is 69.8 Å². The van der Waals surface area contributed by atoms with E-state index in [0.717, 1.165) is 3.58 Å². The summed E-state index contributed by atoms with van der Waals surface area (Å²) in [5.74, 6) is -0.832. The number of fused-ring (bicyclic) bond motifs is 2. The fourth-order valence-corrected chi connectivity index (χ4v) is 9.51. The standard InChI is InChI=1S/C21H12N3O2Te3/c25-19-13(20(26)23-21(27)22-19)11-12-9-10-18(28-12)24-14-5-1-3-7-16(14)29-17-8-4-2-6-15(17)24/h1-11H,(H,22,23,25,26). The van der Waals surface area contributed by atoms with Crippen LogP contribution in [0.4, 0.5) is 15.1 Å². The minimum atomic E-state index is -0.754. The van der Waals surface area contributed by atoms with Crippen LogP contribution in [0.15, 0.2) is 71.2 Å². The molecule has 0 spiro atoms. The average Bonchev–Trinajstić information content (AvgIpc) is 3.17. The molecule has 2 aromatic carbocycles. The van der Waals surface area contributed by atoms with Gasteiger partial charge in [0.15, 0.2) is 0 Å². The summed E-state index contributed by atoms with van der Waals surface area (Å²) in [5.41, 5.74) is 2.65. The van der Waals surface area contributed by atoms with Gasteiger partial charge in [-0.1, -0.05) is 0 Å². The molecule has 5 rings (SSSR count). The molecule has 5 nitrogen and oxygen atoms in total. The SMILES string of the molecule is O=C1N=C([Te])NC(=O)/C1=C/c1ccc(N2c3ccccc3[Te]c3ccccc32)[te]1. The third-order valence-electron chi connectivity index (χ3n) is 4.45. The first-order chi connectivity index (χ1) is 14.1. The van der Waals surface area contributed by atoms with E-state index in [-0.39, 0.29) is 11.5 Å². The summed E-state index contributed by atoms with van der Waals surface area (Å²) < 4.78 is 5.54. The van der Waals surface area contributed by atoms with Gasteiger partial charge in [-0.25, -0.2) is 0 Å². The van der Waals surface area contributed by atoms with Gasteiger partial charge in [-0.3, -0.25) is 0 Å². The van der Waals surface area contributed by atoms with Crippen molar-refractivity contribution in [3.05, 3.63) is 69.8 Å². The van der Waals surface area contributed by atoms with Crippen LogP contribution in [-0.4, -0.2) is 79.3 Å². The molecule has 0 bridgehead atoms. The molecule has 3 aromatic rings. The molecule has 2 amide bonds. The number of nitrogens with zero attached hydrogens (tertiary/aromatic N) is 2. The van der Waals surface area contributed by atoms with Gasteiger partial charge in [-0.15, -0.1) is 0 Å². The number of nitrogens with one attached hydrogen (secondary N) is 1. The van der Waals surface area contributed by atoms with Crippen LogP contribution in [0.2, 0.25) is 0 Å². The van der Waals surface area contributed by atoms with Gasteiger partial charge in [0.1, 0.15) is 0 Å². The number of carbonyl (C=O) groups excluding carboxylic acids is 2. The number of hydrogen-bond donors (Lipinski definition) is 1. The second-order valence-corrected chi connectivity index (χ2v) is 13.6. The van der Waals surface area contributed by atoms with E-state index >= 15 is 0 Å². The molecule has 1 radical (unpaired) electrons. The van der Waals surface area contributed by atoms with Gasteiger partial charge < -0.3 is 0 Å². The van der Waals surface area contributed by atoms with Crippen molar-refractivity contribution in [1.29, 1.82) is 0 Å². The summed E-state index contributed by atoms with van der Waals surface area (Å²) in [6.07, 6.45) is 1.72. The number of amides is 2. The van der Waals surface area contributed by atoms with E-state index in [1.54, 1.807) is 6.08 Å². The number of carbonyl (C=O) groups is 2. The number of hydrogen-bond acceptors (Lipinski definition) is 3. The minimum absolute atomic E-state index is 0.120. The predicted molar refractivity (Wildman–Crippen MR) is 117 cm³/mol. The van der Waals surface area contributed by atoms with Gasteiger partial charge >= 0.3 is 202 Å². The van der Waals surface area contributed by atoms with E-state index in [1.807, 2.05) is 6.07 Å². The first-order valence-corrected chi connectivity index (χ1v) is 14.5. The third-order valence-corrected chi connectivity index (χ3v) is 11.1. The zero-order valence-corrected chi connectivity index (χ0v) is 21.8. The Kier molecular flexibility index (Phi) is 5.44. The van der Waals surface area contributed by atoms with Crippen LogP contribution in [0.3, 0.4) is 0 Å². The van der Waals surface area contributed by atoms with Gasteiger partial charge in [-0.2, -0.15) is 0 Å². The van der Waals surface area contributed by atoms with Gasteiger partial charge in [-0.05, 0) is 0 Å². The monoisotopic (exact) mass is 728 g/mol. The molecule has 1 aromatic heterocycles. The summed E-state index contributed by atoms with van der Waals surface area (Å²) in [5, 5.41) is 2.62. The summed E-state index contributed by atoms with van der Waals surface area (Å²) in [7, 11) is 0. The quantitative estimate of drug-likeness (QED) is 0.189. The van der Waals surface area contributed by atoms with Crippen molar-refractivity contribution in [3.63, 3.8) is 0 Å². The molecule has 3 heterocycles. The van der Waals surface area contributed by atoms with Crippen LogP contribution in [0.1, 0.15) is 3.58 Å². The van der Waals surface area contributed by atoms with Gasteiger partial charge in [0.05, 0.1) is 0 Å². The normalized spacial score (nSPS) is 16.9. The van der Waals surface area contributed by atoms with Crippen molar-refractivity contribution in [3.8, 4) is 0 Å². The Balaban J connectivity index is 1.58. The number of rotatable bonds is 2. The molecule has 141 valence electrons. The summed E-state index contributed by atoms with van der Waals surface area (Å²) in [6.45, 7) is 0. The maximum absolute atomic E-state index is 12.2. The number of benzene rings is 2. The van der Waals surface area contributed by atoms with E-state index in [0.29, 0.717) is 3.88 Å². The van der Waals surface area contributed by atoms with Crippen molar-refractivity contribution in [2.45, 2.75) is 0 Å². The number of para-hydroxylation sites is 2. The molecule has 2 aliphatic heterocycles. The fraction of sp³-hybridized carbons (Fsp3) is 0. The van der Waals surface area contributed by atoms with E-state index in [1.165, 1.54) is 44.6 Å². The van der Waals surface area contributed by atoms with Crippen LogP contribution in [0.5, 0.6) is 0 Å². The summed E-state index contributed by atoms with van der Waals surface area (Å²) >= 11 is 0.373. The number of anilines is 3. The molecule has 1 N–H and O–H groups in total. The molecule has 0 aliphatic carbocycles. The molecule has 0 unspecified atom stereocenters. The average molecular weight is 721 g/mol. The van der Waals surface area contributed by atoms with Gasteiger partial charge in [0.2, 0.25) is 0 Å². The zero-order chi connectivity index (χ0) is 20.0. The second-order valence-electron chi connectivity index (χ2n) is 6.28. The van der Waals surface area contributed by atoms with Crippen LogP contribution in [0, 0.1) is 0 Å². The Morgan fingerprint density at radius 1 is 0.931 bits per heavy atom. The first-order valence-electron chi connectivity index (χ1n) is 8.69. The molecule has 2 aliphatic rings. The van der Waals surface area contributed by atoms with Crippen LogP contribution < -0.4 is 17.4 Å². The Morgan fingerprint density at radius 2 is 1.59 bits per heavy atom. The Labute approximate surface area is 200 Å². The third kappa shape index (κ3) is 3.75. The summed E-state index contributed by atoms with van der Waals surface area (Å²) in [4.78, 5) is 30.6. The van der Waals surface area contributed by atoms with Crippen LogP contribution in [-0.2, 0) is 9.59 Å². The molecule has 0 atom stereocenters.